The topological polar surface area (TPSA) is 81.2 Å². The van der Waals surface area contributed by atoms with Crippen LogP contribution in [0.4, 0.5) is 17.1 Å². The SMILES string of the molecule is Cc1cscc1CNc1ccc([N+](=O)[O-])c(N)c1. The third-order valence-corrected chi connectivity index (χ3v) is 3.58. The summed E-state index contributed by atoms with van der Waals surface area (Å²) >= 11 is 1.66. The Hall–Kier alpha value is -2.08. The number of nitrogens with one attached hydrogen (secondary N) is 1. The van der Waals surface area contributed by atoms with Gasteiger partial charge in [0, 0.05) is 18.3 Å². The molecule has 0 unspecified atom stereocenters. The second kappa shape index (κ2) is 5.05. The summed E-state index contributed by atoms with van der Waals surface area (Å²) in [6.07, 6.45) is 0. The number of hydrogen-bond donors (Lipinski definition) is 2. The molecule has 18 heavy (non-hydrogen) atoms. The van der Waals surface area contributed by atoms with Crippen LogP contribution in [0.3, 0.4) is 0 Å². The number of nitro benzene ring substituents is 1. The number of nitrogens with two attached hydrogens (primary N) is 1. The van der Waals surface area contributed by atoms with E-state index in [2.05, 4.69) is 23.0 Å². The molecule has 94 valence electrons. The molecule has 3 N–H and O–H groups in total. The Kier molecular flexibility index (Phi) is 3.47. The van der Waals surface area contributed by atoms with Crippen molar-refractivity contribution in [3.05, 3.63) is 50.2 Å². The van der Waals surface area contributed by atoms with Crippen LogP contribution in [0.25, 0.3) is 0 Å². The van der Waals surface area contributed by atoms with Gasteiger partial charge in [0.25, 0.3) is 5.69 Å². The maximum Gasteiger partial charge on any atom is 0.292 e. The molecule has 6 heteroatoms. The Morgan fingerprint density at radius 1 is 1.44 bits per heavy atom. The van der Waals surface area contributed by atoms with Crippen molar-refractivity contribution in [1.82, 2.24) is 0 Å². The number of nitro groups is 1. The lowest BCUT2D eigenvalue weighted by Gasteiger charge is -2.07. The molecule has 0 amide bonds. The second-order valence-electron chi connectivity index (χ2n) is 3.96. The molecule has 0 bridgehead atoms. The van der Waals surface area contributed by atoms with Gasteiger partial charge in [0.15, 0.2) is 0 Å². The van der Waals surface area contributed by atoms with Crippen LogP contribution in [0, 0.1) is 17.0 Å². The van der Waals surface area contributed by atoms with E-state index in [1.807, 2.05) is 0 Å². The van der Waals surface area contributed by atoms with Crippen molar-refractivity contribution in [2.75, 3.05) is 11.1 Å². The number of nitrogens with zero attached hydrogens (tertiary/aromatic N) is 1. The Morgan fingerprint density at radius 3 is 2.78 bits per heavy atom. The molecule has 0 atom stereocenters. The minimum atomic E-state index is -0.484. The molecule has 1 aromatic carbocycles. The van der Waals surface area contributed by atoms with Crippen LogP contribution in [0.15, 0.2) is 29.0 Å². The number of rotatable bonds is 4. The molecule has 0 aliphatic carbocycles. The molecule has 1 heterocycles. The first-order valence-electron chi connectivity index (χ1n) is 5.37. The highest BCUT2D eigenvalue weighted by Gasteiger charge is 2.10. The van der Waals surface area contributed by atoms with Gasteiger partial charge < -0.3 is 11.1 Å². The number of nitrogen functional groups attached to an aromatic ring is 1. The van der Waals surface area contributed by atoms with Crippen molar-refractivity contribution in [3.8, 4) is 0 Å². The molecular formula is C12H13N3O2S. The fourth-order valence-corrected chi connectivity index (χ4v) is 2.45. The third-order valence-electron chi connectivity index (χ3n) is 2.67. The van der Waals surface area contributed by atoms with Crippen molar-refractivity contribution in [1.29, 1.82) is 0 Å². The van der Waals surface area contributed by atoms with Gasteiger partial charge in [-0.15, -0.1) is 0 Å². The van der Waals surface area contributed by atoms with E-state index in [1.54, 1.807) is 23.5 Å². The highest BCUT2D eigenvalue weighted by molar-refractivity contribution is 7.08. The molecule has 1 aromatic heterocycles. The molecule has 0 saturated heterocycles. The average Bonchev–Trinajstić information content (AvgIpc) is 2.72. The zero-order chi connectivity index (χ0) is 13.1. The maximum atomic E-state index is 10.6. The van der Waals surface area contributed by atoms with E-state index in [0.717, 1.165) is 5.69 Å². The van der Waals surface area contributed by atoms with Crippen LogP contribution in [-0.4, -0.2) is 4.92 Å². The fraction of sp³-hybridized carbons (Fsp3) is 0.167. The zero-order valence-electron chi connectivity index (χ0n) is 9.84. The highest BCUT2D eigenvalue weighted by Crippen LogP contribution is 2.25. The molecule has 0 saturated carbocycles. The summed E-state index contributed by atoms with van der Waals surface area (Å²) in [7, 11) is 0. The predicted molar refractivity (Wildman–Crippen MR) is 73.9 cm³/mol. The van der Waals surface area contributed by atoms with Gasteiger partial charge in [-0.3, -0.25) is 10.1 Å². The summed E-state index contributed by atoms with van der Waals surface area (Å²) in [6.45, 7) is 2.74. The van der Waals surface area contributed by atoms with Crippen molar-refractivity contribution in [3.63, 3.8) is 0 Å². The van der Waals surface area contributed by atoms with Gasteiger partial charge in [0.1, 0.15) is 5.69 Å². The van der Waals surface area contributed by atoms with E-state index in [4.69, 9.17) is 5.73 Å². The van der Waals surface area contributed by atoms with Crippen LogP contribution in [-0.2, 0) is 6.54 Å². The molecular weight excluding hydrogens is 250 g/mol. The van der Waals surface area contributed by atoms with E-state index in [0.29, 0.717) is 6.54 Å². The quantitative estimate of drug-likeness (QED) is 0.504. The molecule has 2 rings (SSSR count). The highest BCUT2D eigenvalue weighted by atomic mass is 32.1. The number of thiophene rings is 1. The fourth-order valence-electron chi connectivity index (χ4n) is 1.60. The van der Waals surface area contributed by atoms with E-state index in [1.165, 1.54) is 17.2 Å². The Morgan fingerprint density at radius 2 is 2.22 bits per heavy atom. The smallest absolute Gasteiger partial charge is 0.292 e. The minimum absolute atomic E-state index is 0.0627. The second-order valence-corrected chi connectivity index (χ2v) is 4.71. The lowest BCUT2D eigenvalue weighted by molar-refractivity contribution is -0.383. The van der Waals surface area contributed by atoms with Gasteiger partial charge in [0.05, 0.1) is 4.92 Å². The first kappa shape index (κ1) is 12.4. The van der Waals surface area contributed by atoms with Crippen LogP contribution in [0.2, 0.25) is 0 Å². The van der Waals surface area contributed by atoms with Crippen LogP contribution >= 0.6 is 11.3 Å². The molecule has 0 spiro atoms. The normalized spacial score (nSPS) is 10.3. The number of benzene rings is 1. The van der Waals surface area contributed by atoms with Crippen LogP contribution in [0.5, 0.6) is 0 Å². The average molecular weight is 263 g/mol. The summed E-state index contributed by atoms with van der Waals surface area (Å²) in [4.78, 5) is 10.1. The predicted octanol–water partition coefficient (Wildman–Crippen LogP) is 3.16. The van der Waals surface area contributed by atoms with Gasteiger partial charge >= 0.3 is 0 Å². The Balaban J connectivity index is 2.09. The van der Waals surface area contributed by atoms with E-state index < -0.39 is 4.92 Å². The van der Waals surface area contributed by atoms with Crippen molar-refractivity contribution < 1.29 is 4.92 Å². The lowest BCUT2D eigenvalue weighted by Crippen LogP contribution is -2.01. The number of hydrogen-bond acceptors (Lipinski definition) is 5. The van der Waals surface area contributed by atoms with Gasteiger partial charge in [-0.25, -0.2) is 0 Å². The third kappa shape index (κ3) is 2.60. The first-order valence-corrected chi connectivity index (χ1v) is 6.31. The summed E-state index contributed by atoms with van der Waals surface area (Å²) < 4.78 is 0. The van der Waals surface area contributed by atoms with Crippen molar-refractivity contribution in [2.45, 2.75) is 13.5 Å². The summed E-state index contributed by atoms with van der Waals surface area (Å²) in [6, 6.07) is 4.66. The van der Waals surface area contributed by atoms with Crippen LogP contribution in [0.1, 0.15) is 11.1 Å². The van der Waals surface area contributed by atoms with E-state index >= 15 is 0 Å². The van der Waals surface area contributed by atoms with Gasteiger partial charge in [-0.2, -0.15) is 11.3 Å². The molecule has 0 aliphatic heterocycles. The molecule has 0 fully saturated rings. The van der Waals surface area contributed by atoms with E-state index in [9.17, 15) is 10.1 Å². The summed E-state index contributed by atoms with van der Waals surface area (Å²) in [5.41, 5.74) is 8.97. The van der Waals surface area contributed by atoms with E-state index in [-0.39, 0.29) is 11.4 Å². The zero-order valence-corrected chi connectivity index (χ0v) is 10.7. The molecule has 2 aromatic rings. The lowest BCUT2D eigenvalue weighted by atomic mass is 10.2. The number of anilines is 2. The largest absolute Gasteiger partial charge is 0.393 e. The van der Waals surface area contributed by atoms with Crippen LogP contribution < -0.4 is 11.1 Å². The number of aryl methyl sites for hydroxylation is 1. The molecule has 0 radical (unpaired) electrons. The van der Waals surface area contributed by atoms with Gasteiger partial charge in [0.2, 0.25) is 0 Å². The molecule has 5 nitrogen and oxygen atoms in total. The summed E-state index contributed by atoms with van der Waals surface area (Å²) in [5.74, 6) is 0. The summed E-state index contributed by atoms with van der Waals surface area (Å²) in [5, 5.41) is 18.0. The monoisotopic (exact) mass is 263 g/mol. The van der Waals surface area contributed by atoms with Gasteiger partial charge in [-0.05, 0) is 40.9 Å². The Labute approximate surface area is 108 Å². The Bertz CT molecular complexity index is 580. The standard InChI is InChI=1S/C12H13N3O2S/c1-8-6-18-7-9(8)5-14-10-2-3-12(15(16)17)11(13)4-10/h2-4,6-7,14H,5,13H2,1H3. The van der Waals surface area contributed by atoms with Crippen molar-refractivity contribution in [2.24, 2.45) is 0 Å². The minimum Gasteiger partial charge on any atom is -0.393 e. The molecule has 0 aliphatic rings. The van der Waals surface area contributed by atoms with Gasteiger partial charge in [-0.1, -0.05) is 0 Å². The maximum absolute atomic E-state index is 10.6. The first-order chi connectivity index (χ1) is 8.58. The van der Waals surface area contributed by atoms with Crippen molar-refractivity contribution >= 4 is 28.4 Å².